The summed E-state index contributed by atoms with van der Waals surface area (Å²) in [5.41, 5.74) is 0.181. The van der Waals surface area contributed by atoms with E-state index in [-0.39, 0.29) is 11.0 Å². The van der Waals surface area contributed by atoms with Crippen molar-refractivity contribution >= 4 is 0 Å². The zero-order valence-electron chi connectivity index (χ0n) is 13.0. The van der Waals surface area contributed by atoms with Gasteiger partial charge in [0.05, 0.1) is 11.7 Å². The van der Waals surface area contributed by atoms with Crippen LogP contribution in [0, 0.1) is 5.41 Å². The average molecular weight is 257 g/mol. The molecule has 0 saturated heterocycles. The highest BCUT2D eigenvalue weighted by molar-refractivity contribution is 5.02. The van der Waals surface area contributed by atoms with E-state index < -0.39 is 0 Å². The fourth-order valence-electron chi connectivity index (χ4n) is 2.38. The molecule has 18 heavy (non-hydrogen) atoms. The van der Waals surface area contributed by atoms with E-state index in [9.17, 15) is 0 Å². The molecule has 0 bridgehead atoms. The maximum atomic E-state index is 6.02. The first-order valence-corrected chi connectivity index (χ1v) is 7.23. The maximum absolute atomic E-state index is 6.02. The molecule has 0 spiro atoms. The first-order valence-electron chi connectivity index (χ1n) is 7.23. The van der Waals surface area contributed by atoms with E-state index in [4.69, 9.17) is 9.47 Å². The minimum absolute atomic E-state index is 0.0756. The molecule has 0 aliphatic heterocycles. The molecule has 0 aromatic carbocycles. The Hall–Kier alpha value is -0.120. The monoisotopic (exact) mass is 257 g/mol. The second-order valence-electron chi connectivity index (χ2n) is 6.64. The normalized spacial score (nSPS) is 27.0. The summed E-state index contributed by atoms with van der Waals surface area (Å²) in [7, 11) is 1.76. The van der Waals surface area contributed by atoms with Gasteiger partial charge in [-0.1, -0.05) is 20.8 Å². The minimum atomic E-state index is -0.0756. The molecule has 1 N–H and O–H groups in total. The van der Waals surface area contributed by atoms with Crippen molar-refractivity contribution in [3.8, 4) is 0 Å². The summed E-state index contributed by atoms with van der Waals surface area (Å²) in [5.74, 6) is 0. The van der Waals surface area contributed by atoms with E-state index in [1.165, 1.54) is 6.42 Å². The lowest BCUT2D eigenvalue weighted by Crippen LogP contribution is -2.61. The highest BCUT2D eigenvalue weighted by atomic mass is 16.5. The minimum Gasteiger partial charge on any atom is -0.379 e. The molecule has 2 atom stereocenters. The molecular formula is C15H31NO2. The molecule has 1 aliphatic rings. The summed E-state index contributed by atoms with van der Waals surface area (Å²) in [5, 5.41) is 3.60. The summed E-state index contributed by atoms with van der Waals surface area (Å²) < 4.78 is 11.4. The van der Waals surface area contributed by atoms with Gasteiger partial charge in [0.1, 0.15) is 0 Å². The van der Waals surface area contributed by atoms with E-state index >= 15 is 0 Å². The van der Waals surface area contributed by atoms with Crippen molar-refractivity contribution in [3.63, 3.8) is 0 Å². The van der Waals surface area contributed by atoms with Crippen molar-refractivity contribution in [1.29, 1.82) is 0 Å². The van der Waals surface area contributed by atoms with Crippen LogP contribution in [0.3, 0.4) is 0 Å². The van der Waals surface area contributed by atoms with E-state index in [2.05, 4.69) is 39.9 Å². The molecule has 0 heterocycles. The predicted octanol–water partition coefficient (Wildman–Crippen LogP) is 2.98. The molecule has 1 rings (SSSR count). The molecule has 0 amide bonds. The van der Waals surface area contributed by atoms with Gasteiger partial charge >= 0.3 is 0 Å². The van der Waals surface area contributed by atoms with Crippen molar-refractivity contribution in [2.75, 3.05) is 20.3 Å². The van der Waals surface area contributed by atoms with Gasteiger partial charge in [-0.3, -0.25) is 0 Å². The van der Waals surface area contributed by atoms with Crippen LogP contribution in [-0.4, -0.2) is 38.0 Å². The van der Waals surface area contributed by atoms with Crippen LogP contribution in [0.1, 0.15) is 53.9 Å². The third kappa shape index (κ3) is 3.94. The zero-order valence-corrected chi connectivity index (χ0v) is 13.0. The van der Waals surface area contributed by atoms with Crippen LogP contribution in [0.2, 0.25) is 0 Å². The van der Waals surface area contributed by atoms with Gasteiger partial charge in [0, 0.05) is 25.2 Å². The standard InChI is InChI=1S/C15H31NO2/c1-7-9-16-12-11-13(15(12,4)5)18-10-8-14(2,3)17-6/h12-13,16H,7-11H2,1-6H3. The van der Waals surface area contributed by atoms with Crippen molar-refractivity contribution in [2.24, 2.45) is 5.41 Å². The van der Waals surface area contributed by atoms with Gasteiger partial charge in [0.15, 0.2) is 0 Å². The Bertz CT molecular complexity index is 251. The SMILES string of the molecule is CCCNC1CC(OCCC(C)(C)OC)C1(C)C. The highest BCUT2D eigenvalue weighted by Crippen LogP contribution is 2.42. The second-order valence-corrected chi connectivity index (χ2v) is 6.64. The second kappa shape index (κ2) is 6.36. The van der Waals surface area contributed by atoms with E-state index in [1.807, 2.05) is 0 Å². The van der Waals surface area contributed by atoms with E-state index in [1.54, 1.807) is 7.11 Å². The number of hydrogen-bond donors (Lipinski definition) is 1. The zero-order chi connectivity index (χ0) is 13.8. The molecule has 1 saturated carbocycles. The van der Waals surface area contributed by atoms with Gasteiger partial charge in [-0.05, 0) is 39.7 Å². The van der Waals surface area contributed by atoms with Crippen LogP contribution in [-0.2, 0) is 9.47 Å². The highest BCUT2D eigenvalue weighted by Gasteiger charge is 2.48. The Labute approximate surface area is 113 Å². The van der Waals surface area contributed by atoms with E-state index in [0.717, 1.165) is 26.0 Å². The van der Waals surface area contributed by atoms with Crippen LogP contribution >= 0.6 is 0 Å². The number of rotatable bonds is 8. The lowest BCUT2D eigenvalue weighted by Gasteiger charge is -2.52. The van der Waals surface area contributed by atoms with Gasteiger partial charge in [0.2, 0.25) is 0 Å². The quantitative estimate of drug-likeness (QED) is 0.725. The molecule has 0 aromatic heterocycles. The summed E-state index contributed by atoms with van der Waals surface area (Å²) >= 11 is 0. The summed E-state index contributed by atoms with van der Waals surface area (Å²) in [6.07, 6.45) is 3.67. The molecule has 3 nitrogen and oxygen atoms in total. The van der Waals surface area contributed by atoms with Crippen LogP contribution < -0.4 is 5.32 Å². The molecule has 1 fully saturated rings. The Morgan fingerprint density at radius 2 is 2.00 bits per heavy atom. The molecule has 2 unspecified atom stereocenters. The summed E-state index contributed by atoms with van der Waals surface area (Å²) in [6, 6.07) is 0.609. The number of ether oxygens (including phenoxy) is 2. The smallest absolute Gasteiger partial charge is 0.0655 e. The average Bonchev–Trinajstić information content (AvgIpc) is 2.31. The van der Waals surface area contributed by atoms with Gasteiger partial charge in [0.25, 0.3) is 0 Å². The molecule has 1 aliphatic carbocycles. The fourth-order valence-corrected chi connectivity index (χ4v) is 2.38. The van der Waals surface area contributed by atoms with Crippen molar-refractivity contribution in [3.05, 3.63) is 0 Å². The van der Waals surface area contributed by atoms with Crippen LogP contribution in [0.15, 0.2) is 0 Å². The van der Waals surface area contributed by atoms with E-state index in [0.29, 0.717) is 12.1 Å². The van der Waals surface area contributed by atoms with Crippen molar-refractivity contribution < 1.29 is 9.47 Å². The number of hydrogen-bond acceptors (Lipinski definition) is 3. The number of nitrogens with one attached hydrogen (secondary N) is 1. The molecule has 0 radical (unpaired) electrons. The third-order valence-corrected chi connectivity index (χ3v) is 4.39. The Morgan fingerprint density at radius 3 is 2.50 bits per heavy atom. The number of methoxy groups -OCH3 is 1. The summed E-state index contributed by atoms with van der Waals surface area (Å²) in [6.45, 7) is 12.9. The lowest BCUT2D eigenvalue weighted by atomic mass is 9.64. The van der Waals surface area contributed by atoms with Gasteiger partial charge in [-0.25, -0.2) is 0 Å². The van der Waals surface area contributed by atoms with Crippen molar-refractivity contribution in [1.82, 2.24) is 5.32 Å². The van der Waals surface area contributed by atoms with Crippen LogP contribution in [0.4, 0.5) is 0 Å². The molecule has 108 valence electrons. The largest absolute Gasteiger partial charge is 0.379 e. The van der Waals surface area contributed by atoms with Crippen LogP contribution in [0.25, 0.3) is 0 Å². The van der Waals surface area contributed by atoms with Gasteiger partial charge in [-0.2, -0.15) is 0 Å². The first kappa shape index (κ1) is 15.9. The fraction of sp³-hybridized carbons (Fsp3) is 1.00. The molecular weight excluding hydrogens is 226 g/mol. The first-order chi connectivity index (χ1) is 8.33. The molecule has 0 aromatic rings. The topological polar surface area (TPSA) is 30.5 Å². The lowest BCUT2D eigenvalue weighted by molar-refractivity contribution is -0.128. The van der Waals surface area contributed by atoms with Crippen molar-refractivity contribution in [2.45, 2.75) is 71.6 Å². The predicted molar refractivity (Wildman–Crippen MR) is 75.9 cm³/mol. The maximum Gasteiger partial charge on any atom is 0.0655 e. The Morgan fingerprint density at radius 1 is 1.33 bits per heavy atom. The van der Waals surface area contributed by atoms with Gasteiger partial charge < -0.3 is 14.8 Å². The Kier molecular flexibility index (Phi) is 5.63. The Balaban J connectivity index is 2.26. The molecule has 3 heteroatoms. The van der Waals surface area contributed by atoms with Gasteiger partial charge in [-0.15, -0.1) is 0 Å². The van der Waals surface area contributed by atoms with Crippen LogP contribution in [0.5, 0.6) is 0 Å². The summed E-state index contributed by atoms with van der Waals surface area (Å²) in [4.78, 5) is 0. The third-order valence-electron chi connectivity index (χ3n) is 4.39.